The summed E-state index contributed by atoms with van der Waals surface area (Å²) in [5, 5.41) is 1.26. The van der Waals surface area contributed by atoms with E-state index < -0.39 is 0 Å². The van der Waals surface area contributed by atoms with E-state index in [1.165, 1.54) is 55.7 Å². The Morgan fingerprint density at radius 1 is 0.981 bits per heavy atom. The van der Waals surface area contributed by atoms with Crippen molar-refractivity contribution in [2.24, 2.45) is 0 Å². The van der Waals surface area contributed by atoms with Gasteiger partial charge in [-0.2, -0.15) is 0 Å². The number of fused-ring (bicyclic) bond motifs is 2. The van der Waals surface area contributed by atoms with E-state index in [4.69, 9.17) is 0 Å². The normalized spacial score (nSPS) is 14.3. The Morgan fingerprint density at radius 3 is 2.49 bits per heavy atom. The van der Waals surface area contributed by atoms with Gasteiger partial charge in [0.25, 0.3) is 0 Å². The van der Waals surface area contributed by atoms with Crippen LogP contribution in [0.1, 0.15) is 99.8 Å². The van der Waals surface area contributed by atoms with Crippen LogP contribution in [0.5, 0.6) is 0 Å². The lowest BCUT2D eigenvalue weighted by Crippen LogP contribution is -2.13. The fourth-order valence-corrected chi connectivity index (χ4v) is 7.33. The molecule has 0 saturated carbocycles. The lowest BCUT2D eigenvalue weighted by atomic mass is 10.0. The predicted octanol–water partition coefficient (Wildman–Crippen LogP) is 14.2. The van der Waals surface area contributed by atoms with Crippen molar-refractivity contribution in [3.63, 3.8) is 0 Å². The third kappa shape index (κ3) is 8.57. The van der Waals surface area contributed by atoms with Gasteiger partial charge in [0.2, 0.25) is 0 Å². The van der Waals surface area contributed by atoms with Gasteiger partial charge in [-0.25, -0.2) is 0 Å². The van der Waals surface area contributed by atoms with Crippen molar-refractivity contribution in [2.75, 3.05) is 0 Å². The van der Waals surface area contributed by atoms with E-state index in [-0.39, 0.29) is 6.04 Å². The molecule has 0 radical (unpaired) electrons. The highest BCUT2D eigenvalue weighted by Gasteiger charge is 2.24. The molecule has 0 spiro atoms. The minimum Gasteiger partial charge on any atom is -0.337 e. The molecule has 1 aliphatic carbocycles. The van der Waals surface area contributed by atoms with Crippen LogP contribution in [0.25, 0.3) is 34.8 Å². The molecule has 5 rings (SSSR count). The zero-order chi connectivity index (χ0) is 37.9. The third-order valence-corrected chi connectivity index (χ3v) is 10.3. The first-order valence-electron chi connectivity index (χ1n) is 19.1. The average Bonchev–Trinajstić information content (AvgIpc) is 3.49. The Labute approximate surface area is 319 Å². The van der Waals surface area contributed by atoms with Crippen LogP contribution in [-0.4, -0.2) is 9.13 Å². The lowest BCUT2D eigenvalue weighted by molar-refractivity contribution is 0.599. The van der Waals surface area contributed by atoms with Gasteiger partial charge in [-0.05, 0) is 124 Å². The van der Waals surface area contributed by atoms with Gasteiger partial charge in [-0.3, -0.25) is 0 Å². The molecule has 2 heterocycles. The van der Waals surface area contributed by atoms with E-state index >= 15 is 0 Å². The first-order valence-corrected chi connectivity index (χ1v) is 19.1. The summed E-state index contributed by atoms with van der Waals surface area (Å²) >= 11 is 0. The molecule has 2 heteroatoms. The van der Waals surface area contributed by atoms with Gasteiger partial charge in [-0.1, -0.05) is 130 Å². The molecule has 0 fully saturated rings. The monoisotopic (exact) mass is 696 g/mol. The maximum absolute atomic E-state index is 4.52. The van der Waals surface area contributed by atoms with Gasteiger partial charge in [0.05, 0.1) is 17.3 Å². The van der Waals surface area contributed by atoms with Crippen molar-refractivity contribution in [3.05, 3.63) is 196 Å². The smallest absolute Gasteiger partial charge is 0.0569 e. The highest BCUT2D eigenvalue weighted by atomic mass is 15.0. The van der Waals surface area contributed by atoms with E-state index in [1.54, 1.807) is 0 Å². The maximum atomic E-state index is 4.52. The van der Waals surface area contributed by atoms with Crippen LogP contribution in [0.4, 0.5) is 0 Å². The van der Waals surface area contributed by atoms with Crippen molar-refractivity contribution in [1.82, 2.24) is 9.13 Å². The highest BCUT2D eigenvalue weighted by Crippen LogP contribution is 2.37. The first-order chi connectivity index (χ1) is 25.7. The Kier molecular flexibility index (Phi) is 13.3. The molecule has 2 aromatic heterocycles. The van der Waals surface area contributed by atoms with E-state index in [0.717, 1.165) is 48.2 Å². The molecule has 53 heavy (non-hydrogen) atoms. The van der Waals surface area contributed by atoms with E-state index in [0.29, 0.717) is 0 Å². The molecule has 4 aromatic rings. The fraction of sp³-hybridized carbons (Fsp3) is 0.235. The molecule has 1 unspecified atom stereocenters. The molecular weight excluding hydrogens is 641 g/mol. The number of hydrogen-bond donors (Lipinski definition) is 0. The summed E-state index contributed by atoms with van der Waals surface area (Å²) in [6, 6.07) is 17.9. The largest absolute Gasteiger partial charge is 0.337 e. The number of aryl methyl sites for hydroxylation is 1. The van der Waals surface area contributed by atoms with Crippen LogP contribution in [-0.2, 0) is 12.8 Å². The molecule has 2 aromatic carbocycles. The Bertz CT molecular complexity index is 2250. The molecule has 0 amide bonds. The van der Waals surface area contributed by atoms with E-state index in [2.05, 4.69) is 185 Å². The number of nitrogens with zero attached hydrogens (tertiary/aromatic N) is 2. The maximum Gasteiger partial charge on any atom is 0.0569 e. The van der Waals surface area contributed by atoms with Crippen LogP contribution < -0.4 is 0 Å². The number of benzene rings is 2. The van der Waals surface area contributed by atoms with Gasteiger partial charge in [0.15, 0.2) is 0 Å². The predicted molar refractivity (Wildman–Crippen MR) is 234 cm³/mol. The highest BCUT2D eigenvalue weighted by molar-refractivity contribution is 5.91. The second kappa shape index (κ2) is 18.3. The SMILES string of the molecule is C=C/C=C\C(=C/C/C=C(C)/C(C)=C/C=C\C)C(=C)/C=C\c1c(C)c2cc(C(C)n3c4c(c(CC)c3CCC)C=CC=C=C4)ccc2n1-c1ccccc1. The topological polar surface area (TPSA) is 9.86 Å². The fourth-order valence-electron chi connectivity index (χ4n) is 7.33. The minimum atomic E-state index is 0.155. The lowest BCUT2D eigenvalue weighted by Gasteiger charge is -2.21. The quantitative estimate of drug-likeness (QED) is 0.0865. The molecule has 0 saturated heterocycles. The summed E-state index contributed by atoms with van der Waals surface area (Å²) in [6.45, 7) is 23.9. The Hall–Kier alpha value is -5.56. The van der Waals surface area contributed by atoms with Gasteiger partial charge < -0.3 is 9.13 Å². The van der Waals surface area contributed by atoms with Crippen molar-refractivity contribution < 1.29 is 0 Å². The van der Waals surface area contributed by atoms with Gasteiger partial charge in [-0.15, -0.1) is 5.73 Å². The second-order valence-electron chi connectivity index (χ2n) is 13.8. The minimum absolute atomic E-state index is 0.155. The average molecular weight is 697 g/mol. The number of allylic oxidation sites excluding steroid dienone is 15. The molecule has 1 atom stereocenters. The van der Waals surface area contributed by atoms with Gasteiger partial charge in [0.1, 0.15) is 0 Å². The van der Waals surface area contributed by atoms with Crippen LogP contribution in [0.15, 0.2) is 157 Å². The van der Waals surface area contributed by atoms with Crippen molar-refractivity contribution in [3.8, 4) is 5.69 Å². The Morgan fingerprint density at radius 2 is 1.77 bits per heavy atom. The third-order valence-electron chi connectivity index (χ3n) is 10.3. The van der Waals surface area contributed by atoms with E-state index in [9.17, 15) is 0 Å². The molecule has 0 N–H and O–H groups in total. The van der Waals surface area contributed by atoms with Crippen LogP contribution in [0, 0.1) is 6.92 Å². The van der Waals surface area contributed by atoms with Gasteiger partial charge in [0, 0.05) is 34.1 Å². The van der Waals surface area contributed by atoms with Crippen LogP contribution in [0.3, 0.4) is 0 Å². The zero-order valence-electron chi connectivity index (χ0n) is 32.9. The van der Waals surface area contributed by atoms with Crippen LogP contribution >= 0.6 is 0 Å². The van der Waals surface area contributed by atoms with Gasteiger partial charge >= 0.3 is 0 Å². The molecule has 2 nitrogen and oxygen atoms in total. The Balaban J connectivity index is 1.59. The molecule has 270 valence electrons. The summed E-state index contributed by atoms with van der Waals surface area (Å²) in [6.07, 6.45) is 33.6. The van der Waals surface area contributed by atoms with Crippen molar-refractivity contribution >= 4 is 29.1 Å². The number of hydrogen-bond acceptors (Lipinski definition) is 0. The number of rotatable bonds is 15. The standard InChI is InChI=1S/C51H56N2/c1-10-14-24-37(5)38(6)25-22-27-42(26-15-11-2)39(7)32-34-48-40(8)47-36-43(33-35-51(47)53(48)44-28-18-16-19-29-44)41(9)52-49(23-12-3)45(13-4)46-30-20-17-21-31-50(46)52/h10-11,14-20,24-36,41H,2,7,12-13,22-23H2,1,3-6,8-9H3/b14-10-,26-15-,34-32-,37-24+,38-25+,42-27+. The summed E-state index contributed by atoms with van der Waals surface area (Å²) in [5.74, 6) is 0. The summed E-state index contributed by atoms with van der Waals surface area (Å²) < 4.78 is 4.96. The molecule has 0 aliphatic heterocycles. The second-order valence-corrected chi connectivity index (χ2v) is 13.8. The first kappa shape index (κ1) is 38.7. The molecular formula is C51H56N2. The molecule has 0 bridgehead atoms. The zero-order valence-corrected chi connectivity index (χ0v) is 32.9. The molecule has 1 aliphatic rings. The van der Waals surface area contributed by atoms with E-state index in [1.807, 2.05) is 25.2 Å². The summed E-state index contributed by atoms with van der Waals surface area (Å²) in [5.41, 5.74) is 19.5. The van der Waals surface area contributed by atoms with Crippen molar-refractivity contribution in [2.45, 2.75) is 80.2 Å². The number of para-hydroxylation sites is 1. The van der Waals surface area contributed by atoms with Crippen LogP contribution in [0.2, 0.25) is 0 Å². The van der Waals surface area contributed by atoms with Crippen molar-refractivity contribution in [1.29, 1.82) is 0 Å². The number of aromatic nitrogens is 2. The summed E-state index contributed by atoms with van der Waals surface area (Å²) in [4.78, 5) is 0. The summed E-state index contributed by atoms with van der Waals surface area (Å²) in [7, 11) is 0.